The first kappa shape index (κ1) is 18.9. The molecule has 0 saturated carbocycles. The Balaban J connectivity index is 1.83. The van der Waals surface area contributed by atoms with Crippen LogP contribution in [0.5, 0.6) is 5.75 Å². The van der Waals surface area contributed by atoms with Gasteiger partial charge in [-0.25, -0.2) is 0 Å². The second-order valence-electron chi connectivity index (χ2n) is 6.68. The number of aryl methyl sites for hydroxylation is 1. The summed E-state index contributed by atoms with van der Waals surface area (Å²) in [6, 6.07) is 22.1. The molecule has 1 N–H and O–H groups in total. The quantitative estimate of drug-likeness (QED) is 0.491. The fourth-order valence-electron chi connectivity index (χ4n) is 3.13. The van der Waals surface area contributed by atoms with Gasteiger partial charge >= 0.3 is 0 Å². The molecular weight excluding hydrogens is 382 g/mol. The Bertz CT molecular complexity index is 1240. The van der Waals surface area contributed by atoms with Crippen molar-refractivity contribution in [2.24, 2.45) is 0 Å². The molecule has 0 aliphatic rings. The van der Waals surface area contributed by atoms with Crippen LogP contribution in [-0.2, 0) is 0 Å². The summed E-state index contributed by atoms with van der Waals surface area (Å²) in [5.41, 5.74) is 2.80. The van der Waals surface area contributed by atoms with Gasteiger partial charge in [0, 0.05) is 15.6 Å². The Morgan fingerprint density at radius 3 is 2.31 bits per heavy atom. The zero-order chi connectivity index (χ0) is 20.4. The van der Waals surface area contributed by atoms with E-state index >= 15 is 0 Å². The molecule has 0 fully saturated rings. The van der Waals surface area contributed by atoms with Crippen molar-refractivity contribution in [2.45, 2.75) is 6.92 Å². The molecule has 144 valence electrons. The molecule has 1 heterocycles. The van der Waals surface area contributed by atoms with Gasteiger partial charge in [-0.05, 0) is 48.9 Å². The van der Waals surface area contributed by atoms with Crippen LogP contribution in [-0.4, -0.2) is 13.0 Å². The molecule has 0 unspecified atom stereocenters. The number of benzene rings is 3. The van der Waals surface area contributed by atoms with Crippen LogP contribution in [0.2, 0.25) is 0 Å². The summed E-state index contributed by atoms with van der Waals surface area (Å²) in [7, 11) is 1.58. The first-order valence-corrected chi connectivity index (χ1v) is 9.97. The molecule has 4 nitrogen and oxygen atoms in total. The van der Waals surface area contributed by atoms with E-state index in [9.17, 15) is 9.59 Å². The largest absolute Gasteiger partial charge is 0.497 e. The summed E-state index contributed by atoms with van der Waals surface area (Å²) in [5, 5.41) is 4.14. The van der Waals surface area contributed by atoms with Crippen molar-refractivity contribution in [1.29, 1.82) is 0 Å². The number of carbonyl (C=O) groups excluding carboxylic acids is 1. The van der Waals surface area contributed by atoms with Crippen LogP contribution in [0.25, 0.3) is 21.2 Å². The SMILES string of the molecule is COc1ccc(C(=O)Nc2sc3ccccc3c(=O)c2-c2ccc(C)cc2)cc1. The molecule has 29 heavy (non-hydrogen) atoms. The second kappa shape index (κ2) is 7.89. The smallest absolute Gasteiger partial charge is 0.256 e. The summed E-state index contributed by atoms with van der Waals surface area (Å²) in [4.78, 5) is 26.1. The average Bonchev–Trinajstić information content (AvgIpc) is 2.75. The van der Waals surface area contributed by atoms with E-state index in [0.717, 1.165) is 15.8 Å². The van der Waals surface area contributed by atoms with Crippen molar-refractivity contribution in [3.8, 4) is 16.9 Å². The monoisotopic (exact) mass is 401 g/mol. The lowest BCUT2D eigenvalue weighted by Crippen LogP contribution is -2.15. The van der Waals surface area contributed by atoms with Crippen molar-refractivity contribution in [3.05, 3.63) is 94.1 Å². The van der Waals surface area contributed by atoms with Crippen molar-refractivity contribution >= 4 is 32.3 Å². The molecule has 0 aliphatic heterocycles. The van der Waals surface area contributed by atoms with E-state index in [1.807, 2.05) is 55.5 Å². The van der Waals surface area contributed by atoms with Crippen molar-refractivity contribution in [1.82, 2.24) is 0 Å². The van der Waals surface area contributed by atoms with E-state index in [0.29, 0.717) is 27.3 Å². The van der Waals surface area contributed by atoms with Gasteiger partial charge in [-0.3, -0.25) is 9.59 Å². The summed E-state index contributed by atoms with van der Waals surface area (Å²) in [6.07, 6.45) is 0. The lowest BCUT2D eigenvalue weighted by molar-refractivity contribution is 0.102. The third-order valence-electron chi connectivity index (χ3n) is 4.72. The summed E-state index contributed by atoms with van der Waals surface area (Å²) in [5.74, 6) is 0.407. The number of nitrogens with one attached hydrogen (secondary N) is 1. The first-order chi connectivity index (χ1) is 14.1. The molecule has 4 rings (SSSR count). The highest BCUT2D eigenvalue weighted by Gasteiger charge is 2.17. The maximum absolute atomic E-state index is 13.3. The molecule has 0 saturated heterocycles. The summed E-state index contributed by atoms with van der Waals surface area (Å²) >= 11 is 1.40. The highest BCUT2D eigenvalue weighted by atomic mass is 32.1. The number of fused-ring (bicyclic) bond motifs is 1. The lowest BCUT2D eigenvalue weighted by Gasteiger charge is -2.12. The Labute approximate surface area is 172 Å². The highest BCUT2D eigenvalue weighted by Crippen LogP contribution is 2.33. The molecule has 5 heteroatoms. The van der Waals surface area contributed by atoms with Gasteiger partial charge in [0.1, 0.15) is 10.8 Å². The van der Waals surface area contributed by atoms with Gasteiger partial charge in [-0.2, -0.15) is 0 Å². The van der Waals surface area contributed by atoms with Gasteiger partial charge in [0.15, 0.2) is 5.43 Å². The molecule has 1 amide bonds. The lowest BCUT2D eigenvalue weighted by atomic mass is 10.0. The maximum Gasteiger partial charge on any atom is 0.256 e. The molecule has 0 atom stereocenters. The van der Waals surface area contributed by atoms with Crippen LogP contribution >= 0.6 is 11.3 Å². The van der Waals surface area contributed by atoms with Crippen LogP contribution in [0.3, 0.4) is 0 Å². The van der Waals surface area contributed by atoms with Crippen LogP contribution in [0.4, 0.5) is 5.00 Å². The van der Waals surface area contributed by atoms with Crippen LogP contribution < -0.4 is 15.5 Å². The number of hydrogen-bond acceptors (Lipinski definition) is 4. The van der Waals surface area contributed by atoms with E-state index in [1.165, 1.54) is 11.3 Å². The van der Waals surface area contributed by atoms with Crippen molar-refractivity contribution in [3.63, 3.8) is 0 Å². The molecular formula is C24H19NO3S. The van der Waals surface area contributed by atoms with E-state index < -0.39 is 0 Å². The number of methoxy groups -OCH3 is 1. The molecule has 0 radical (unpaired) electrons. The van der Waals surface area contributed by atoms with Crippen molar-refractivity contribution < 1.29 is 9.53 Å². The van der Waals surface area contributed by atoms with Gasteiger partial charge in [0.25, 0.3) is 5.91 Å². The third kappa shape index (κ3) is 3.77. The summed E-state index contributed by atoms with van der Waals surface area (Å²) in [6.45, 7) is 2.00. The van der Waals surface area contributed by atoms with E-state index in [4.69, 9.17) is 4.74 Å². The minimum atomic E-state index is -0.271. The fourth-order valence-corrected chi connectivity index (χ4v) is 4.22. The molecule has 3 aromatic carbocycles. The zero-order valence-electron chi connectivity index (χ0n) is 16.1. The average molecular weight is 401 g/mol. The molecule has 4 aromatic rings. The minimum Gasteiger partial charge on any atom is -0.497 e. The standard InChI is InChI=1S/C24H19NO3S/c1-15-7-9-16(10-8-15)21-22(26)19-5-3-4-6-20(19)29-24(21)25-23(27)17-11-13-18(28-2)14-12-17/h3-14H,1-2H3,(H,25,27). The van der Waals surface area contributed by atoms with Gasteiger partial charge in [-0.1, -0.05) is 42.0 Å². The topological polar surface area (TPSA) is 55.4 Å². The Hall–Kier alpha value is -3.44. The second-order valence-corrected chi connectivity index (χ2v) is 7.73. The highest BCUT2D eigenvalue weighted by molar-refractivity contribution is 7.22. The minimum absolute atomic E-state index is 0.0896. The fraction of sp³-hybridized carbons (Fsp3) is 0.0833. The van der Waals surface area contributed by atoms with Gasteiger partial charge < -0.3 is 10.1 Å². The number of rotatable bonds is 4. The molecule has 0 spiro atoms. The Morgan fingerprint density at radius 1 is 0.931 bits per heavy atom. The predicted molar refractivity (Wildman–Crippen MR) is 119 cm³/mol. The molecule has 0 bridgehead atoms. The van der Waals surface area contributed by atoms with Gasteiger partial charge in [-0.15, -0.1) is 11.3 Å². The predicted octanol–water partition coefficient (Wildman–Crippen LogP) is 5.50. The molecule has 1 aromatic heterocycles. The van der Waals surface area contributed by atoms with Crippen LogP contribution in [0.15, 0.2) is 77.6 Å². The van der Waals surface area contributed by atoms with Crippen LogP contribution in [0.1, 0.15) is 15.9 Å². The van der Waals surface area contributed by atoms with E-state index in [1.54, 1.807) is 31.4 Å². The number of amides is 1. The number of carbonyl (C=O) groups is 1. The maximum atomic E-state index is 13.3. The van der Waals surface area contributed by atoms with Gasteiger partial charge in [0.05, 0.1) is 12.7 Å². The molecule has 0 aliphatic carbocycles. The normalized spacial score (nSPS) is 10.7. The Kier molecular flexibility index (Phi) is 5.14. The number of anilines is 1. The van der Waals surface area contributed by atoms with E-state index in [2.05, 4.69) is 5.32 Å². The van der Waals surface area contributed by atoms with Gasteiger partial charge in [0.2, 0.25) is 0 Å². The zero-order valence-corrected chi connectivity index (χ0v) is 16.9. The third-order valence-corrected chi connectivity index (χ3v) is 5.80. The number of ether oxygens (including phenoxy) is 1. The first-order valence-electron chi connectivity index (χ1n) is 9.15. The van der Waals surface area contributed by atoms with Crippen molar-refractivity contribution in [2.75, 3.05) is 12.4 Å². The Morgan fingerprint density at radius 2 is 1.62 bits per heavy atom. The van der Waals surface area contributed by atoms with E-state index in [-0.39, 0.29) is 11.3 Å². The summed E-state index contributed by atoms with van der Waals surface area (Å²) < 4.78 is 5.98. The van der Waals surface area contributed by atoms with Crippen LogP contribution in [0, 0.1) is 6.92 Å². The number of hydrogen-bond donors (Lipinski definition) is 1.